The van der Waals surface area contributed by atoms with Crippen molar-refractivity contribution in [1.82, 2.24) is 19.5 Å². The Hall–Kier alpha value is -1.19. The van der Waals surface area contributed by atoms with Gasteiger partial charge >= 0.3 is 6.03 Å². The summed E-state index contributed by atoms with van der Waals surface area (Å²) in [6.07, 6.45) is 2.65. The normalized spacial score (nSPS) is 20.8. The van der Waals surface area contributed by atoms with Gasteiger partial charge in [-0.1, -0.05) is 0 Å². The predicted octanol–water partition coefficient (Wildman–Crippen LogP) is 1.68. The Morgan fingerprint density at radius 2 is 1.96 bits per heavy atom. The fourth-order valence-electron chi connectivity index (χ4n) is 3.78. The van der Waals surface area contributed by atoms with Gasteiger partial charge in [-0.15, -0.1) is 11.3 Å². The van der Waals surface area contributed by atoms with Crippen molar-refractivity contribution < 1.29 is 13.2 Å². The number of fused-ring (bicyclic) bond motifs is 2. The Balaban J connectivity index is 1.88. The first-order chi connectivity index (χ1) is 11.6. The van der Waals surface area contributed by atoms with Crippen molar-refractivity contribution >= 4 is 27.4 Å². The molecule has 2 aliphatic rings. The van der Waals surface area contributed by atoms with Gasteiger partial charge in [-0.05, 0) is 33.6 Å². The molecule has 140 valence electrons. The molecule has 1 saturated heterocycles. The van der Waals surface area contributed by atoms with Gasteiger partial charge in [-0.2, -0.15) is 0 Å². The van der Waals surface area contributed by atoms with Crippen molar-refractivity contribution in [3.63, 3.8) is 0 Å². The number of nitrogens with zero attached hydrogens (tertiary/aromatic N) is 3. The molecule has 7 nitrogen and oxygen atoms in total. The van der Waals surface area contributed by atoms with E-state index < -0.39 is 10.0 Å². The van der Waals surface area contributed by atoms with Gasteiger partial charge in [0, 0.05) is 36.0 Å². The highest BCUT2D eigenvalue weighted by Gasteiger charge is 2.46. The molecule has 1 aromatic heterocycles. The summed E-state index contributed by atoms with van der Waals surface area (Å²) in [7, 11) is -3.18. The summed E-state index contributed by atoms with van der Waals surface area (Å²) >= 11 is 1.64. The molecule has 0 unspecified atom stereocenters. The monoisotopic (exact) mass is 386 g/mol. The van der Waals surface area contributed by atoms with Gasteiger partial charge in [0.1, 0.15) is 0 Å². The number of urea groups is 1. The van der Waals surface area contributed by atoms with Crippen molar-refractivity contribution in [3.05, 3.63) is 15.6 Å². The smallest absolute Gasteiger partial charge is 0.317 e. The van der Waals surface area contributed by atoms with Gasteiger partial charge < -0.3 is 10.2 Å². The highest BCUT2D eigenvalue weighted by atomic mass is 32.2. The number of aryl methyl sites for hydroxylation is 1. The lowest BCUT2D eigenvalue weighted by atomic mass is 9.73. The molecular weight excluding hydrogens is 360 g/mol. The van der Waals surface area contributed by atoms with Gasteiger partial charge in [0.2, 0.25) is 10.0 Å². The molecule has 0 bridgehead atoms. The Morgan fingerprint density at radius 1 is 1.32 bits per heavy atom. The zero-order chi connectivity index (χ0) is 18.4. The van der Waals surface area contributed by atoms with E-state index in [-0.39, 0.29) is 17.5 Å². The van der Waals surface area contributed by atoms with E-state index in [0.717, 1.165) is 15.6 Å². The van der Waals surface area contributed by atoms with Crippen LogP contribution in [0.25, 0.3) is 0 Å². The lowest BCUT2D eigenvalue weighted by molar-refractivity contribution is 0.132. The van der Waals surface area contributed by atoms with Crippen LogP contribution in [-0.4, -0.2) is 60.6 Å². The van der Waals surface area contributed by atoms with Crippen LogP contribution >= 0.6 is 11.3 Å². The molecular formula is C16H26N4O3S2. The third kappa shape index (κ3) is 3.68. The maximum Gasteiger partial charge on any atom is 0.317 e. The van der Waals surface area contributed by atoms with Crippen LogP contribution in [0, 0.1) is 6.92 Å². The van der Waals surface area contributed by atoms with Crippen LogP contribution in [0.2, 0.25) is 0 Å². The topological polar surface area (TPSA) is 82.6 Å². The molecule has 1 fully saturated rings. The Kier molecular flexibility index (Phi) is 4.85. The highest BCUT2D eigenvalue weighted by molar-refractivity contribution is 7.88. The number of amides is 2. The zero-order valence-corrected chi connectivity index (χ0v) is 16.8. The van der Waals surface area contributed by atoms with Gasteiger partial charge in [0.05, 0.1) is 23.5 Å². The second-order valence-electron chi connectivity index (χ2n) is 7.41. The molecule has 3 rings (SSSR count). The van der Waals surface area contributed by atoms with Gasteiger partial charge in [0.15, 0.2) is 0 Å². The van der Waals surface area contributed by atoms with E-state index in [2.05, 4.69) is 5.32 Å². The number of carbonyl (C=O) groups excluding carboxylic acids is 1. The second-order valence-corrected chi connectivity index (χ2v) is 10.7. The van der Waals surface area contributed by atoms with E-state index in [9.17, 15) is 13.2 Å². The van der Waals surface area contributed by atoms with E-state index in [1.807, 2.05) is 25.7 Å². The SMILES string of the molecule is Cc1nc2c(s1)CN(C(=O)NC(C)C)CC21CCN(S(C)(=O)=O)CC1. The number of aromatic nitrogens is 1. The summed E-state index contributed by atoms with van der Waals surface area (Å²) < 4.78 is 25.2. The highest BCUT2D eigenvalue weighted by Crippen LogP contribution is 2.43. The largest absolute Gasteiger partial charge is 0.336 e. The van der Waals surface area contributed by atoms with Crippen LogP contribution in [0.1, 0.15) is 42.3 Å². The molecule has 0 saturated carbocycles. The fraction of sp³-hybridized carbons (Fsp3) is 0.750. The van der Waals surface area contributed by atoms with E-state index in [1.165, 1.54) is 10.6 Å². The summed E-state index contributed by atoms with van der Waals surface area (Å²) in [6.45, 7) is 8.02. The van der Waals surface area contributed by atoms with Gasteiger partial charge in [0.25, 0.3) is 0 Å². The molecule has 3 heterocycles. The minimum Gasteiger partial charge on any atom is -0.336 e. The molecule has 25 heavy (non-hydrogen) atoms. The average Bonchev–Trinajstić information content (AvgIpc) is 2.87. The lowest BCUT2D eigenvalue weighted by Crippen LogP contribution is -2.56. The molecule has 0 aromatic carbocycles. The van der Waals surface area contributed by atoms with Crippen LogP contribution < -0.4 is 5.32 Å². The van der Waals surface area contributed by atoms with Crippen LogP contribution in [-0.2, 0) is 22.0 Å². The van der Waals surface area contributed by atoms with Crippen molar-refractivity contribution in [2.24, 2.45) is 0 Å². The minimum atomic E-state index is -3.18. The van der Waals surface area contributed by atoms with E-state index in [1.54, 1.807) is 11.3 Å². The number of hydrogen-bond acceptors (Lipinski definition) is 5. The Bertz CT molecular complexity index is 764. The molecule has 2 aliphatic heterocycles. The quantitative estimate of drug-likeness (QED) is 0.838. The van der Waals surface area contributed by atoms with E-state index in [0.29, 0.717) is 39.0 Å². The number of sulfonamides is 1. The summed E-state index contributed by atoms with van der Waals surface area (Å²) in [5, 5.41) is 3.97. The first-order valence-corrected chi connectivity index (χ1v) is 11.2. The molecule has 1 aromatic rings. The maximum atomic E-state index is 12.6. The van der Waals surface area contributed by atoms with Crippen molar-refractivity contribution in [1.29, 1.82) is 0 Å². The first-order valence-electron chi connectivity index (χ1n) is 8.58. The first kappa shape index (κ1) is 18.6. The summed E-state index contributed by atoms with van der Waals surface area (Å²) in [5.41, 5.74) is 0.838. The summed E-state index contributed by atoms with van der Waals surface area (Å²) in [4.78, 5) is 20.3. The van der Waals surface area contributed by atoms with Crippen molar-refractivity contribution in [2.75, 3.05) is 25.9 Å². The fourth-order valence-corrected chi connectivity index (χ4v) is 5.70. The van der Waals surface area contributed by atoms with Crippen LogP contribution in [0.5, 0.6) is 0 Å². The summed E-state index contributed by atoms with van der Waals surface area (Å²) in [6, 6.07) is 0.0248. The standard InChI is InChI=1S/C16H26N4O3S2/c1-11(2)17-15(21)19-9-13-14(18-12(3)24-13)16(10-19)5-7-20(8-6-16)25(4,22)23/h11H,5-10H2,1-4H3,(H,17,21). The predicted molar refractivity (Wildman–Crippen MR) is 98.3 cm³/mol. The molecule has 9 heteroatoms. The van der Waals surface area contributed by atoms with Crippen LogP contribution in [0.4, 0.5) is 4.79 Å². The van der Waals surface area contributed by atoms with Crippen LogP contribution in [0.3, 0.4) is 0 Å². The average molecular weight is 387 g/mol. The zero-order valence-electron chi connectivity index (χ0n) is 15.2. The minimum absolute atomic E-state index is 0.0587. The molecule has 1 N–H and O–H groups in total. The summed E-state index contributed by atoms with van der Waals surface area (Å²) in [5.74, 6) is 0. The number of nitrogens with one attached hydrogen (secondary N) is 1. The molecule has 2 amide bonds. The lowest BCUT2D eigenvalue weighted by Gasteiger charge is -2.46. The molecule has 0 aliphatic carbocycles. The molecule has 0 atom stereocenters. The molecule has 1 spiro atoms. The van der Waals surface area contributed by atoms with Crippen molar-refractivity contribution in [3.8, 4) is 0 Å². The Labute approximate surface area is 153 Å². The van der Waals surface area contributed by atoms with Gasteiger partial charge in [-0.3, -0.25) is 0 Å². The third-order valence-electron chi connectivity index (χ3n) is 4.98. The number of piperidine rings is 1. The second kappa shape index (κ2) is 6.51. The third-order valence-corrected chi connectivity index (χ3v) is 7.24. The van der Waals surface area contributed by atoms with E-state index in [4.69, 9.17) is 4.98 Å². The number of thiazole rings is 1. The number of carbonyl (C=O) groups is 1. The van der Waals surface area contributed by atoms with Crippen LogP contribution in [0.15, 0.2) is 0 Å². The molecule has 0 radical (unpaired) electrons. The Morgan fingerprint density at radius 3 is 2.52 bits per heavy atom. The number of rotatable bonds is 2. The maximum absolute atomic E-state index is 12.6. The number of hydrogen-bond donors (Lipinski definition) is 1. The van der Waals surface area contributed by atoms with Crippen molar-refractivity contribution in [2.45, 2.75) is 51.6 Å². The van der Waals surface area contributed by atoms with E-state index >= 15 is 0 Å². The van der Waals surface area contributed by atoms with Gasteiger partial charge in [-0.25, -0.2) is 22.5 Å².